The second kappa shape index (κ2) is 12.2. The fraction of sp³-hybridized carbons (Fsp3) is 0.680. The summed E-state index contributed by atoms with van der Waals surface area (Å²) >= 11 is 0. The average molecular weight is 493 g/mol. The summed E-state index contributed by atoms with van der Waals surface area (Å²) in [6.45, 7) is 5.32. The highest BCUT2D eigenvalue weighted by atomic mass is 16.6. The lowest BCUT2D eigenvalue weighted by atomic mass is 9.87. The predicted molar refractivity (Wildman–Crippen MR) is 125 cm³/mol. The van der Waals surface area contributed by atoms with Gasteiger partial charge in [0.05, 0.1) is 26.2 Å². The normalized spacial score (nSPS) is 25.8. The highest BCUT2D eigenvalue weighted by Crippen LogP contribution is 2.34. The van der Waals surface area contributed by atoms with Crippen LogP contribution >= 0.6 is 0 Å². The Bertz CT molecular complexity index is 899. The van der Waals surface area contributed by atoms with Gasteiger partial charge in [0.1, 0.15) is 12.2 Å². The van der Waals surface area contributed by atoms with Gasteiger partial charge >= 0.3 is 11.9 Å². The summed E-state index contributed by atoms with van der Waals surface area (Å²) in [5.41, 5.74) is -0.284. The summed E-state index contributed by atoms with van der Waals surface area (Å²) in [6, 6.07) is 0.276. The fourth-order valence-corrected chi connectivity index (χ4v) is 4.65. The lowest BCUT2D eigenvalue weighted by molar-refractivity contribution is -0.174. The van der Waals surface area contributed by atoms with E-state index in [9.17, 15) is 19.5 Å². The lowest BCUT2D eigenvalue weighted by Gasteiger charge is -2.32. The van der Waals surface area contributed by atoms with Gasteiger partial charge in [0.2, 0.25) is 0 Å². The van der Waals surface area contributed by atoms with Gasteiger partial charge in [-0.15, -0.1) is 0 Å². The van der Waals surface area contributed by atoms with Crippen LogP contribution in [0.15, 0.2) is 12.3 Å². The first-order chi connectivity index (χ1) is 16.7. The van der Waals surface area contributed by atoms with Gasteiger partial charge in [-0.1, -0.05) is 39.5 Å². The molecule has 1 aromatic rings. The van der Waals surface area contributed by atoms with Crippen molar-refractivity contribution in [3.05, 3.63) is 18.0 Å². The third-order valence-electron chi connectivity index (χ3n) is 6.59. The molecule has 1 amide bonds. The maximum Gasteiger partial charge on any atom is 0.331 e. The number of aromatic hydroxyl groups is 1. The molecule has 10 nitrogen and oxygen atoms in total. The minimum Gasteiger partial charge on any atom is -0.503 e. The number of rotatable bonds is 7. The van der Waals surface area contributed by atoms with Crippen LogP contribution in [-0.2, 0) is 23.8 Å². The Hall–Kier alpha value is -2.88. The Morgan fingerprint density at radius 1 is 1.26 bits per heavy atom. The number of methoxy groups -OCH3 is 1. The number of hydrogen-bond acceptors (Lipinski definition) is 9. The Labute approximate surface area is 205 Å². The molecular formula is C25H36N2O8. The standard InChI is InChI=1S/C25H36N2O8/c1-14(2)24(30)35-22-15(3)34-25(31)18(13-33-12-17(22)11-16-7-5-6-8-16)27-23(29)20-21(28)19(32-4)9-10-26-20/h9-10,14-18,22,28H,5-8,11-13H2,1-4H3,(H,27,29). The van der Waals surface area contributed by atoms with Crippen LogP contribution < -0.4 is 10.1 Å². The van der Waals surface area contributed by atoms with Crippen molar-refractivity contribution in [2.75, 3.05) is 20.3 Å². The number of nitrogens with zero attached hydrogens (tertiary/aromatic N) is 1. The van der Waals surface area contributed by atoms with Crippen molar-refractivity contribution in [3.63, 3.8) is 0 Å². The third-order valence-corrected chi connectivity index (χ3v) is 6.59. The Morgan fingerprint density at radius 2 is 1.97 bits per heavy atom. The molecule has 0 radical (unpaired) electrons. The Balaban J connectivity index is 1.77. The molecule has 2 aliphatic rings. The molecule has 1 aromatic heterocycles. The molecule has 3 rings (SSSR count). The van der Waals surface area contributed by atoms with Crippen LogP contribution in [0.5, 0.6) is 11.5 Å². The molecule has 0 spiro atoms. The van der Waals surface area contributed by atoms with E-state index in [1.807, 2.05) is 0 Å². The highest BCUT2D eigenvalue weighted by molar-refractivity contribution is 5.98. The van der Waals surface area contributed by atoms with Gasteiger partial charge in [-0.25, -0.2) is 9.78 Å². The monoisotopic (exact) mass is 492 g/mol. The molecular weight excluding hydrogens is 456 g/mol. The van der Waals surface area contributed by atoms with Gasteiger partial charge in [-0.05, 0) is 19.3 Å². The molecule has 2 heterocycles. The molecule has 1 saturated heterocycles. The van der Waals surface area contributed by atoms with E-state index in [0.717, 1.165) is 19.3 Å². The van der Waals surface area contributed by atoms with Gasteiger partial charge in [-0.2, -0.15) is 0 Å². The zero-order valence-corrected chi connectivity index (χ0v) is 20.8. The molecule has 1 saturated carbocycles. The van der Waals surface area contributed by atoms with Gasteiger partial charge in [-0.3, -0.25) is 9.59 Å². The van der Waals surface area contributed by atoms with E-state index in [0.29, 0.717) is 5.92 Å². The largest absolute Gasteiger partial charge is 0.503 e. The van der Waals surface area contributed by atoms with Crippen molar-refractivity contribution in [3.8, 4) is 11.5 Å². The number of cyclic esters (lactones) is 1. The van der Waals surface area contributed by atoms with Gasteiger partial charge in [0, 0.05) is 18.2 Å². The van der Waals surface area contributed by atoms with Crippen LogP contribution in [0.4, 0.5) is 0 Å². The summed E-state index contributed by atoms with van der Waals surface area (Å²) in [5, 5.41) is 12.8. The van der Waals surface area contributed by atoms with E-state index in [1.165, 1.54) is 32.2 Å². The van der Waals surface area contributed by atoms with Crippen LogP contribution in [0.1, 0.15) is 63.4 Å². The molecule has 4 unspecified atom stereocenters. The van der Waals surface area contributed by atoms with Crippen molar-refractivity contribution in [1.29, 1.82) is 0 Å². The second-order valence-corrected chi connectivity index (χ2v) is 9.62. The predicted octanol–water partition coefficient (Wildman–Crippen LogP) is 2.62. The zero-order valence-electron chi connectivity index (χ0n) is 20.8. The molecule has 10 heteroatoms. The number of carbonyl (C=O) groups is 3. The van der Waals surface area contributed by atoms with E-state index in [2.05, 4.69) is 10.3 Å². The Morgan fingerprint density at radius 3 is 2.63 bits per heavy atom. The maximum absolute atomic E-state index is 13.0. The molecule has 4 atom stereocenters. The lowest BCUT2D eigenvalue weighted by Crippen LogP contribution is -2.46. The summed E-state index contributed by atoms with van der Waals surface area (Å²) in [4.78, 5) is 42.1. The fourth-order valence-electron chi connectivity index (χ4n) is 4.65. The number of esters is 2. The number of pyridine rings is 1. The SMILES string of the molecule is COc1ccnc(C(=O)NC2COCC(CC3CCCC3)C(OC(=O)C(C)C)C(C)OC2=O)c1O. The van der Waals surface area contributed by atoms with Crippen LogP contribution in [0, 0.1) is 17.8 Å². The van der Waals surface area contributed by atoms with Crippen molar-refractivity contribution >= 4 is 17.8 Å². The molecule has 1 aliphatic heterocycles. The van der Waals surface area contributed by atoms with Crippen molar-refractivity contribution in [2.24, 2.45) is 17.8 Å². The van der Waals surface area contributed by atoms with Gasteiger partial charge < -0.3 is 29.4 Å². The van der Waals surface area contributed by atoms with E-state index in [4.69, 9.17) is 18.9 Å². The van der Waals surface area contributed by atoms with Crippen LogP contribution in [0.25, 0.3) is 0 Å². The molecule has 35 heavy (non-hydrogen) atoms. The Kier molecular flexibility index (Phi) is 9.31. The van der Waals surface area contributed by atoms with E-state index < -0.39 is 35.9 Å². The minimum absolute atomic E-state index is 0.0802. The molecule has 0 bridgehead atoms. The molecule has 1 aliphatic carbocycles. The molecule has 194 valence electrons. The summed E-state index contributed by atoms with van der Waals surface area (Å²) < 4.78 is 22.4. The van der Waals surface area contributed by atoms with Gasteiger partial charge in [0.25, 0.3) is 5.91 Å². The smallest absolute Gasteiger partial charge is 0.331 e. The van der Waals surface area contributed by atoms with Crippen LogP contribution in [0.2, 0.25) is 0 Å². The number of nitrogens with one attached hydrogen (secondary N) is 1. The second-order valence-electron chi connectivity index (χ2n) is 9.62. The molecule has 2 fully saturated rings. The topological polar surface area (TPSA) is 133 Å². The molecule has 0 aromatic carbocycles. The first-order valence-electron chi connectivity index (χ1n) is 12.2. The highest BCUT2D eigenvalue weighted by Gasteiger charge is 2.39. The number of ether oxygens (including phenoxy) is 4. The van der Waals surface area contributed by atoms with Crippen molar-refractivity contribution < 1.29 is 38.4 Å². The summed E-state index contributed by atoms with van der Waals surface area (Å²) in [5.74, 6) is -2.18. The third kappa shape index (κ3) is 6.84. The first-order valence-corrected chi connectivity index (χ1v) is 12.2. The van der Waals surface area contributed by atoms with E-state index in [1.54, 1.807) is 20.8 Å². The van der Waals surface area contributed by atoms with E-state index >= 15 is 0 Å². The average Bonchev–Trinajstić information content (AvgIpc) is 3.34. The van der Waals surface area contributed by atoms with Crippen LogP contribution in [-0.4, -0.2) is 66.5 Å². The van der Waals surface area contributed by atoms with Crippen LogP contribution in [0.3, 0.4) is 0 Å². The maximum atomic E-state index is 13.0. The number of carbonyl (C=O) groups excluding carboxylic acids is 3. The van der Waals surface area contributed by atoms with E-state index in [-0.39, 0.29) is 42.5 Å². The molecule has 2 N–H and O–H groups in total. The summed E-state index contributed by atoms with van der Waals surface area (Å²) in [6.07, 6.45) is 5.31. The number of hydrogen-bond donors (Lipinski definition) is 2. The number of amides is 1. The van der Waals surface area contributed by atoms with Crippen molar-refractivity contribution in [2.45, 2.75) is 71.1 Å². The summed E-state index contributed by atoms with van der Waals surface area (Å²) in [7, 11) is 1.35. The minimum atomic E-state index is -1.14. The first kappa shape index (κ1) is 26.7. The zero-order chi connectivity index (χ0) is 25.5. The quantitative estimate of drug-likeness (QED) is 0.551. The van der Waals surface area contributed by atoms with Crippen molar-refractivity contribution in [1.82, 2.24) is 10.3 Å². The van der Waals surface area contributed by atoms with Gasteiger partial charge in [0.15, 0.2) is 23.2 Å². The number of aromatic nitrogens is 1.